The smallest absolute Gasteiger partial charge is 0.251 e. The fraction of sp³-hybridized carbons (Fsp3) is 0.286. The lowest BCUT2D eigenvalue weighted by atomic mass is 10.1. The molecule has 1 aromatic heterocycles. The van der Waals surface area contributed by atoms with Crippen LogP contribution in [0, 0.1) is 5.41 Å². The number of carbonyl (C=O) groups is 3. The Kier molecular flexibility index (Phi) is 8.30. The number of nitrogen functional groups attached to an aromatic ring is 1. The summed E-state index contributed by atoms with van der Waals surface area (Å²) < 4.78 is 30.6. The van der Waals surface area contributed by atoms with Crippen LogP contribution in [0.3, 0.4) is 0 Å². The maximum Gasteiger partial charge on any atom is 0.251 e. The number of hydrogen-bond donors (Lipinski definition) is 4. The van der Waals surface area contributed by atoms with Gasteiger partial charge in [0.1, 0.15) is 23.4 Å². The third kappa shape index (κ3) is 6.30. The van der Waals surface area contributed by atoms with Crippen LogP contribution in [0.15, 0.2) is 63.7 Å². The molecule has 220 valence electrons. The number of rotatable bonds is 8. The normalized spacial score (nSPS) is 18.3. The van der Waals surface area contributed by atoms with E-state index >= 15 is 0 Å². The van der Waals surface area contributed by atoms with Crippen molar-refractivity contribution in [1.29, 1.82) is 5.41 Å². The molecule has 11 nitrogen and oxygen atoms in total. The van der Waals surface area contributed by atoms with Crippen LogP contribution >= 0.6 is 23.1 Å². The van der Waals surface area contributed by atoms with Gasteiger partial charge in [-0.15, -0.1) is 11.3 Å². The highest BCUT2D eigenvalue weighted by Crippen LogP contribution is 2.46. The number of sulfone groups is 1. The van der Waals surface area contributed by atoms with E-state index in [4.69, 9.17) is 15.9 Å². The summed E-state index contributed by atoms with van der Waals surface area (Å²) >= 11 is 2.86. The molecule has 1 fully saturated rings. The molecule has 5 N–H and O–H groups in total. The molecule has 0 saturated carbocycles. The number of nitrogens with one attached hydrogen (secondary N) is 3. The fourth-order valence-corrected chi connectivity index (χ4v) is 7.57. The molecule has 1 saturated heterocycles. The Labute approximate surface area is 251 Å². The second-order valence-electron chi connectivity index (χ2n) is 10.1. The second kappa shape index (κ2) is 11.8. The second-order valence-corrected chi connectivity index (χ2v) is 14.5. The number of benzene rings is 2. The first-order valence-corrected chi connectivity index (χ1v) is 16.6. The van der Waals surface area contributed by atoms with Gasteiger partial charge < -0.3 is 26.0 Å². The third-order valence-electron chi connectivity index (χ3n) is 7.10. The number of nitrogens with zero attached hydrogens (tertiary/aromatic N) is 1. The van der Waals surface area contributed by atoms with Crippen LogP contribution in [0.4, 0.5) is 0 Å². The minimum atomic E-state index is -3.54. The molecular formula is C28H29N5O6S3. The highest BCUT2D eigenvalue weighted by Gasteiger charge is 2.43. The van der Waals surface area contributed by atoms with Gasteiger partial charge >= 0.3 is 0 Å². The van der Waals surface area contributed by atoms with E-state index in [0.29, 0.717) is 22.6 Å². The predicted molar refractivity (Wildman–Crippen MR) is 160 cm³/mol. The molecule has 3 heterocycles. The van der Waals surface area contributed by atoms with Crippen molar-refractivity contribution in [1.82, 2.24) is 15.5 Å². The Morgan fingerprint density at radius 1 is 1.12 bits per heavy atom. The highest BCUT2D eigenvalue weighted by molar-refractivity contribution is 7.99. The lowest BCUT2D eigenvalue weighted by Gasteiger charge is -2.25. The van der Waals surface area contributed by atoms with Crippen molar-refractivity contribution in [2.75, 3.05) is 19.3 Å². The van der Waals surface area contributed by atoms with E-state index in [1.165, 1.54) is 28.0 Å². The van der Waals surface area contributed by atoms with Gasteiger partial charge in [-0.25, -0.2) is 8.42 Å². The summed E-state index contributed by atoms with van der Waals surface area (Å²) in [4.78, 5) is 43.3. The number of amides is 3. The van der Waals surface area contributed by atoms with Gasteiger partial charge in [-0.1, -0.05) is 23.9 Å². The number of hydrogen-bond acceptors (Lipinski definition) is 9. The number of thiophene rings is 1. The summed E-state index contributed by atoms with van der Waals surface area (Å²) in [5.74, 6) is -0.457. The van der Waals surface area contributed by atoms with Gasteiger partial charge in [-0.05, 0) is 49.7 Å². The molecule has 0 aliphatic carbocycles. The van der Waals surface area contributed by atoms with Gasteiger partial charge in [0.05, 0.1) is 27.6 Å². The van der Waals surface area contributed by atoms with E-state index in [1.807, 2.05) is 24.3 Å². The number of ether oxygens (including phenoxy) is 1. The molecular weight excluding hydrogens is 599 g/mol. The van der Waals surface area contributed by atoms with Crippen molar-refractivity contribution in [3.8, 4) is 11.5 Å². The zero-order chi connectivity index (χ0) is 30.2. The van der Waals surface area contributed by atoms with E-state index in [9.17, 15) is 22.8 Å². The molecule has 5 rings (SSSR count). The van der Waals surface area contributed by atoms with E-state index in [2.05, 4.69) is 10.6 Å². The summed E-state index contributed by atoms with van der Waals surface area (Å²) in [6.45, 7) is 1.18. The SMILES string of the molecule is CC(NC(=O)[C@@H]1C[C@@H](S(C)(=O)=O)CN1C(=O)CNC(=O)c1ccc2c(c1)Oc1ccccc1S2)c1cc(C(=N)N)cs1. The van der Waals surface area contributed by atoms with E-state index in [0.717, 1.165) is 20.9 Å². The van der Waals surface area contributed by atoms with Crippen LogP contribution in [0.2, 0.25) is 0 Å². The van der Waals surface area contributed by atoms with Crippen molar-refractivity contribution in [3.05, 3.63) is 69.9 Å². The molecule has 14 heteroatoms. The average Bonchev–Trinajstić information content (AvgIpc) is 3.63. The van der Waals surface area contributed by atoms with Crippen molar-refractivity contribution in [3.63, 3.8) is 0 Å². The Morgan fingerprint density at radius 2 is 1.86 bits per heavy atom. The van der Waals surface area contributed by atoms with Gasteiger partial charge in [0, 0.05) is 34.2 Å². The first-order chi connectivity index (χ1) is 19.9. The molecule has 42 heavy (non-hydrogen) atoms. The minimum Gasteiger partial charge on any atom is -0.455 e. The van der Waals surface area contributed by atoms with Crippen molar-refractivity contribution < 1.29 is 27.5 Å². The van der Waals surface area contributed by atoms with Gasteiger partial charge in [0.25, 0.3) is 5.91 Å². The summed E-state index contributed by atoms with van der Waals surface area (Å²) in [6.07, 6.45) is 1.02. The number of likely N-dealkylation sites (tertiary alicyclic amines) is 1. The third-order valence-corrected chi connectivity index (χ3v) is 10.9. The van der Waals surface area contributed by atoms with E-state index in [1.54, 1.807) is 36.6 Å². The number of fused-ring (bicyclic) bond motifs is 2. The van der Waals surface area contributed by atoms with Gasteiger partial charge in [0.2, 0.25) is 11.8 Å². The van der Waals surface area contributed by atoms with E-state index in [-0.39, 0.29) is 18.8 Å². The Morgan fingerprint density at radius 3 is 2.57 bits per heavy atom. The summed E-state index contributed by atoms with van der Waals surface area (Å²) in [7, 11) is -3.54. The average molecular weight is 628 g/mol. The number of para-hydroxylation sites is 1. The molecule has 2 aliphatic rings. The van der Waals surface area contributed by atoms with Crippen LogP contribution in [0.5, 0.6) is 11.5 Å². The standard InChI is InChI=1S/C28H29N5O6S3/c1-15(24-10-17(14-40-24)26(29)30)32-28(36)19-11-18(42(2,37)38)13-33(19)25(34)12-31-27(35)16-7-8-23-21(9-16)39-20-5-3-4-6-22(20)41-23/h3-10,14-15,18-19H,11-13H2,1-2H3,(H3,29,30)(H,31,35)(H,32,36)/t15?,18-,19+/m1/s1. The van der Waals surface area contributed by atoms with Crippen LogP contribution in [-0.4, -0.2) is 67.5 Å². The fourth-order valence-electron chi connectivity index (χ4n) is 4.76. The highest BCUT2D eigenvalue weighted by atomic mass is 32.2. The number of nitrogens with two attached hydrogens (primary N) is 1. The lowest BCUT2D eigenvalue weighted by molar-refractivity contribution is -0.137. The first kappa shape index (κ1) is 29.6. The molecule has 3 aromatic rings. The molecule has 0 spiro atoms. The Bertz CT molecular complexity index is 1690. The Hall–Kier alpha value is -3.88. The van der Waals surface area contributed by atoms with Crippen molar-refractivity contribution in [2.45, 2.75) is 40.5 Å². The molecule has 2 aliphatic heterocycles. The van der Waals surface area contributed by atoms with Crippen molar-refractivity contribution >= 4 is 56.5 Å². The lowest BCUT2D eigenvalue weighted by Crippen LogP contribution is -2.49. The van der Waals surface area contributed by atoms with Crippen LogP contribution in [-0.2, 0) is 19.4 Å². The molecule has 3 amide bonds. The quantitative estimate of drug-likeness (QED) is 0.171. The first-order valence-electron chi connectivity index (χ1n) is 13.0. The molecule has 0 radical (unpaired) electrons. The molecule has 3 atom stereocenters. The van der Waals surface area contributed by atoms with Crippen LogP contribution in [0.25, 0.3) is 0 Å². The number of carbonyl (C=O) groups excluding carboxylic acids is 3. The summed E-state index contributed by atoms with van der Waals surface area (Å²) in [6, 6.07) is 12.8. The zero-order valence-corrected chi connectivity index (χ0v) is 25.2. The summed E-state index contributed by atoms with van der Waals surface area (Å²) in [5.41, 5.74) is 6.36. The van der Waals surface area contributed by atoms with Gasteiger partial charge in [0.15, 0.2) is 9.84 Å². The predicted octanol–water partition coefficient (Wildman–Crippen LogP) is 2.91. The molecule has 0 bridgehead atoms. The minimum absolute atomic E-state index is 0.0541. The van der Waals surface area contributed by atoms with Crippen LogP contribution < -0.4 is 21.1 Å². The zero-order valence-electron chi connectivity index (χ0n) is 22.7. The molecule has 2 aromatic carbocycles. The van der Waals surface area contributed by atoms with Crippen LogP contribution in [0.1, 0.15) is 40.2 Å². The maximum atomic E-state index is 13.3. The monoisotopic (exact) mass is 627 g/mol. The largest absolute Gasteiger partial charge is 0.455 e. The topological polar surface area (TPSA) is 172 Å². The maximum absolute atomic E-state index is 13.3. The molecule has 1 unspecified atom stereocenters. The van der Waals surface area contributed by atoms with Crippen molar-refractivity contribution in [2.24, 2.45) is 5.73 Å². The van der Waals surface area contributed by atoms with Gasteiger partial charge in [-0.2, -0.15) is 0 Å². The van der Waals surface area contributed by atoms with Gasteiger partial charge in [-0.3, -0.25) is 19.8 Å². The van der Waals surface area contributed by atoms with E-state index < -0.39 is 51.4 Å². The summed E-state index contributed by atoms with van der Waals surface area (Å²) in [5, 5.41) is 13.8. The number of amidine groups is 1. The Balaban J connectivity index is 1.25.